The van der Waals surface area contributed by atoms with Gasteiger partial charge in [0.05, 0.1) is 33.1 Å². The number of benzene rings is 7. The maximum Gasteiger partial charge on any atom is 0.311 e. The lowest BCUT2D eigenvalue weighted by molar-refractivity contribution is -0.137. The van der Waals surface area contributed by atoms with E-state index in [0.717, 1.165) is 22.3 Å². The Morgan fingerprint density at radius 2 is 0.590 bits per heavy atom. The number of fused-ring (bicyclic) bond motifs is 8. The van der Waals surface area contributed by atoms with Crippen LogP contribution >= 0.6 is 0 Å². The highest BCUT2D eigenvalue weighted by Crippen LogP contribution is 2.58. The summed E-state index contributed by atoms with van der Waals surface area (Å²) in [4.78, 5) is 58.9. The van der Waals surface area contributed by atoms with Crippen LogP contribution in [-0.4, -0.2) is 73.3 Å². The van der Waals surface area contributed by atoms with Crippen molar-refractivity contribution in [2.45, 2.75) is 96.3 Å². The van der Waals surface area contributed by atoms with Gasteiger partial charge in [-0.25, -0.2) is 15.0 Å². The highest BCUT2D eigenvalue weighted by molar-refractivity contribution is 5.85. The van der Waals surface area contributed by atoms with Crippen molar-refractivity contribution >= 4 is 51.0 Å². The molecule has 20 heteroatoms. The molecule has 0 spiro atoms. The second-order valence-electron chi connectivity index (χ2n) is 21.4. The van der Waals surface area contributed by atoms with Crippen molar-refractivity contribution in [1.29, 1.82) is 0 Å². The van der Waals surface area contributed by atoms with Crippen LogP contribution in [0.25, 0.3) is 33.1 Å². The molecule has 83 heavy (non-hydrogen) atoms. The van der Waals surface area contributed by atoms with Crippen molar-refractivity contribution in [3.63, 3.8) is 0 Å². The van der Waals surface area contributed by atoms with E-state index in [4.69, 9.17) is 28.4 Å². The summed E-state index contributed by atoms with van der Waals surface area (Å²) in [5.74, 6) is -0.984. The first-order chi connectivity index (χ1) is 40.1. The van der Waals surface area contributed by atoms with Gasteiger partial charge in [0.1, 0.15) is 82.7 Å². The molecule has 4 aliphatic rings. The molecule has 0 fully saturated rings. The number of hydrogen-bond donors (Lipinski definition) is 8. The fraction of sp³-hybridized carbons (Fsp3) is 0.238. The number of phenolic OH excluding ortho intramolecular Hbond substituents is 2. The Balaban J connectivity index is 1.10. The molecule has 6 heterocycles. The number of carboxylic acid groups (broad SMARTS) is 3. The normalized spacial score (nSPS) is 17.0. The number of carbonyl (C=O) groups is 3. The summed E-state index contributed by atoms with van der Waals surface area (Å²) >= 11 is 0. The predicted octanol–water partition coefficient (Wildman–Crippen LogP) is 13.8. The monoisotopic (exact) mass is 1120 g/mol. The minimum atomic E-state index is -1.07. The third kappa shape index (κ3) is 8.58. The van der Waals surface area contributed by atoms with E-state index in [0.29, 0.717) is 116 Å². The zero-order valence-electron chi connectivity index (χ0n) is 45.1. The first-order valence-electron chi connectivity index (χ1n) is 27.5. The average Bonchev–Trinajstić information content (AvgIpc) is 3.03. The lowest BCUT2D eigenvalue weighted by Crippen LogP contribution is -2.12. The highest BCUT2D eigenvalue weighted by atomic mass is 16.5. The lowest BCUT2D eigenvalue weighted by Gasteiger charge is -2.29. The first kappa shape index (κ1) is 50.9. The molecule has 3 aliphatic heterocycles. The zero-order chi connectivity index (χ0) is 57.3. The number of rotatable bonds is 10. The molecule has 14 rings (SSSR count). The molecule has 0 saturated carbocycles. The van der Waals surface area contributed by atoms with E-state index in [9.17, 15) is 39.9 Å². The SMILES string of the molecule is CCC1c2cc3c(cc2O)Oc2cc4nc(CC(=O)O)[nH]c4cc2Oc2cc4c(cc2C3CC)C(CC)c2cc3c(cc2Oc2cc5[nH]c(CC(=O)O)nc5cc2O4)Oc2cc4[nH]c(CC(=O)O)nc4cc2Oc2cc(O)c1cc2C3CC. The van der Waals surface area contributed by atoms with Crippen LogP contribution in [-0.2, 0) is 33.6 Å². The molecule has 0 amide bonds. The molecular weight excluding hydrogens is 1060 g/mol. The third-order valence-corrected chi connectivity index (χ3v) is 16.3. The van der Waals surface area contributed by atoms with Gasteiger partial charge in [0, 0.05) is 129 Å². The molecule has 1 aliphatic carbocycles. The maximum atomic E-state index is 12.5. The first-order valence-corrected chi connectivity index (χ1v) is 27.5. The minimum Gasteiger partial charge on any atom is -0.508 e. The van der Waals surface area contributed by atoms with Gasteiger partial charge in [0.25, 0.3) is 0 Å². The summed E-state index contributed by atoms with van der Waals surface area (Å²) < 4.78 is 42.4. The zero-order valence-corrected chi connectivity index (χ0v) is 45.1. The van der Waals surface area contributed by atoms with Crippen molar-refractivity contribution < 1.29 is 68.3 Å². The number of nitrogens with one attached hydrogen (secondary N) is 3. The van der Waals surface area contributed by atoms with Crippen LogP contribution < -0.4 is 28.4 Å². The van der Waals surface area contributed by atoms with E-state index in [1.165, 1.54) is 0 Å². The van der Waals surface area contributed by atoms with Gasteiger partial charge in [0.2, 0.25) is 0 Å². The summed E-state index contributed by atoms with van der Waals surface area (Å²) in [7, 11) is 0. The van der Waals surface area contributed by atoms with Gasteiger partial charge in [0.15, 0.2) is 34.5 Å². The van der Waals surface area contributed by atoms with E-state index < -0.39 is 41.6 Å². The van der Waals surface area contributed by atoms with Gasteiger partial charge in [-0.05, 0) is 49.9 Å². The molecule has 7 aromatic carbocycles. The number of phenols is 2. The number of hydrogen-bond acceptors (Lipinski definition) is 14. The lowest BCUT2D eigenvalue weighted by atomic mass is 9.77. The van der Waals surface area contributed by atoms with Gasteiger partial charge in [-0.15, -0.1) is 0 Å². The van der Waals surface area contributed by atoms with Crippen LogP contribution in [0.15, 0.2) is 84.9 Å². The van der Waals surface area contributed by atoms with E-state index in [1.807, 2.05) is 31.2 Å². The van der Waals surface area contributed by atoms with E-state index in [-0.39, 0.29) is 82.7 Å². The number of carboxylic acids is 3. The molecule has 20 nitrogen and oxygen atoms in total. The van der Waals surface area contributed by atoms with E-state index in [2.05, 4.69) is 62.8 Å². The standard InChI is InChI=1S/C63H52N6O14/c1-5-26-30-9-32-27(6-2)34-11-36-29(8-4)37-12-35-28(7-3)33-10-31(26)45(71)20-47(33)79-53-14-39-41(67-59(65-39)24-62(74)75)16-55(53)81-49(35)22-51(37)83-57-18-43-42(68-60(69-43)25-63(76)77)17-56(57)82-50(36)21-48(34)80-54-15-40-38(64-58(66-40)23-61(72)73)13-52(54)78-46(32)19-44(30)70/h9-22,26-29,70-71H,5-8,23-25H2,1-4H3,(H,64,66)(H,65,67)(H,68,69)(H,72,73)(H,74,75)(H,76,77). The summed E-state index contributed by atoms with van der Waals surface area (Å²) in [6.07, 6.45) is 0.895. The summed E-state index contributed by atoms with van der Waals surface area (Å²) in [5.41, 5.74) is 8.23. The van der Waals surface area contributed by atoms with Crippen molar-refractivity contribution in [2.75, 3.05) is 0 Å². The number of nitrogens with zero attached hydrogens (tertiary/aromatic N) is 3. The number of aromatic nitrogens is 6. The van der Waals surface area contributed by atoms with Crippen molar-refractivity contribution in [3.8, 4) is 80.5 Å². The Hall–Kier alpha value is -10.2. The third-order valence-electron chi connectivity index (χ3n) is 16.3. The summed E-state index contributed by atoms with van der Waals surface area (Å²) in [5, 5.41) is 54.1. The Labute approximate surface area is 471 Å². The highest BCUT2D eigenvalue weighted by Gasteiger charge is 2.37. The molecule has 10 aromatic rings. The number of H-pyrrole nitrogens is 3. The molecule has 8 bridgehead atoms. The molecular formula is C63H52N6O14. The predicted molar refractivity (Wildman–Crippen MR) is 300 cm³/mol. The van der Waals surface area contributed by atoms with Crippen LogP contribution in [0.4, 0.5) is 0 Å². The van der Waals surface area contributed by atoms with Crippen LogP contribution in [0.2, 0.25) is 0 Å². The second-order valence-corrected chi connectivity index (χ2v) is 21.4. The van der Waals surface area contributed by atoms with Crippen molar-refractivity contribution in [2.24, 2.45) is 0 Å². The van der Waals surface area contributed by atoms with Crippen LogP contribution in [0, 0.1) is 0 Å². The quantitative estimate of drug-likeness (QED) is 0.0631. The number of aromatic hydroxyl groups is 2. The molecule has 4 unspecified atom stereocenters. The number of imidazole rings is 3. The Kier molecular flexibility index (Phi) is 11.8. The molecule has 3 aromatic heterocycles. The number of aliphatic carboxylic acids is 3. The Morgan fingerprint density at radius 1 is 0.349 bits per heavy atom. The van der Waals surface area contributed by atoms with Crippen LogP contribution in [0.3, 0.4) is 0 Å². The van der Waals surface area contributed by atoms with E-state index >= 15 is 0 Å². The van der Waals surface area contributed by atoms with E-state index in [1.54, 1.807) is 48.5 Å². The maximum absolute atomic E-state index is 12.5. The molecule has 4 atom stereocenters. The largest absolute Gasteiger partial charge is 0.508 e. The second kappa shape index (κ2) is 19.2. The Bertz CT molecular complexity index is 4180. The minimum absolute atomic E-state index is 0.0894. The fourth-order valence-electron chi connectivity index (χ4n) is 12.6. The van der Waals surface area contributed by atoms with Crippen LogP contribution in [0.5, 0.6) is 80.5 Å². The smallest absolute Gasteiger partial charge is 0.311 e. The van der Waals surface area contributed by atoms with Gasteiger partial charge < -0.3 is 68.9 Å². The number of aromatic amines is 3. The van der Waals surface area contributed by atoms with Crippen LogP contribution in [0.1, 0.15) is 139 Å². The topological polar surface area (TPSA) is 294 Å². The molecule has 418 valence electrons. The molecule has 0 radical (unpaired) electrons. The molecule has 0 saturated heterocycles. The fourth-order valence-corrected chi connectivity index (χ4v) is 12.6. The van der Waals surface area contributed by atoms with Gasteiger partial charge in [-0.2, -0.15) is 0 Å². The van der Waals surface area contributed by atoms with Gasteiger partial charge >= 0.3 is 17.9 Å². The van der Waals surface area contributed by atoms with Gasteiger partial charge in [-0.3, -0.25) is 14.4 Å². The van der Waals surface area contributed by atoms with Crippen molar-refractivity contribution in [1.82, 2.24) is 29.9 Å². The average molecular weight is 1120 g/mol. The summed E-state index contributed by atoms with van der Waals surface area (Å²) in [6.45, 7) is 8.20. The Morgan fingerprint density at radius 3 is 0.855 bits per heavy atom. The number of ether oxygens (including phenoxy) is 6. The van der Waals surface area contributed by atoms with Gasteiger partial charge in [-0.1, -0.05) is 27.7 Å². The van der Waals surface area contributed by atoms with Crippen molar-refractivity contribution in [3.05, 3.63) is 147 Å². The summed E-state index contributed by atoms with van der Waals surface area (Å²) in [6, 6.07) is 25.2. The molecule has 8 N–H and O–H groups in total.